The molecule has 0 saturated carbocycles. The van der Waals surface area contributed by atoms with Gasteiger partial charge >= 0.3 is 0 Å². The summed E-state index contributed by atoms with van der Waals surface area (Å²) in [5.74, 6) is 1.39. The van der Waals surface area contributed by atoms with Gasteiger partial charge in [-0.25, -0.2) is 0 Å². The largest absolute Gasteiger partial charge is 0.481 e. The number of aromatic nitrogens is 2. The molecule has 2 aromatic rings. The van der Waals surface area contributed by atoms with E-state index >= 15 is 0 Å². The molecule has 1 fully saturated rings. The Labute approximate surface area is 215 Å². The highest BCUT2D eigenvalue weighted by Crippen LogP contribution is 2.39. The molecule has 1 spiro atoms. The lowest BCUT2D eigenvalue weighted by Crippen LogP contribution is -2.50. The molecule has 1 aromatic carbocycles. The summed E-state index contributed by atoms with van der Waals surface area (Å²) in [6, 6.07) is 10.0. The van der Waals surface area contributed by atoms with Gasteiger partial charge in [0, 0.05) is 33.7 Å². The third kappa shape index (κ3) is 5.93. The SMILES string of the molecule is CC(C)Cc1cc(C(=O)N2CCC3(CCCCc4ccccc4O[C@H](C)C(=O)N(C)C3)CC2)n(C)n1. The van der Waals surface area contributed by atoms with Crippen LogP contribution < -0.4 is 4.74 Å². The first-order chi connectivity index (χ1) is 17.2. The molecule has 7 heteroatoms. The Morgan fingerprint density at radius 3 is 2.58 bits per heavy atom. The number of piperidine rings is 1. The van der Waals surface area contributed by atoms with Gasteiger partial charge in [0.05, 0.1) is 5.69 Å². The monoisotopic (exact) mass is 494 g/mol. The predicted molar refractivity (Wildman–Crippen MR) is 141 cm³/mol. The molecule has 3 heterocycles. The van der Waals surface area contributed by atoms with E-state index in [2.05, 4.69) is 25.0 Å². The molecule has 2 amide bonds. The second-order valence-corrected chi connectivity index (χ2v) is 11.3. The van der Waals surface area contributed by atoms with E-state index in [0.29, 0.717) is 31.2 Å². The van der Waals surface area contributed by atoms with Gasteiger partial charge in [0.2, 0.25) is 0 Å². The fraction of sp³-hybridized carbons (Fsp3) is 0.621. The molecule has 0 bridgehead atoms. The number of carbonyl (C=O) groups is 2. The van der Waals surface area contributed by atoms with E-state index in [1.165, 1.54) is 5.56 Å². The van der Waals surface area contributed by atoms with E-state index in [1.54, 1.807) is 4.68 Å². The van der Waals surface area contributed by atoms with Crippen molar-refractivity contribution in [2.45, 2.75) is 71.8 Å². The van der Waals surface area contributed by atoms with Gasteiger partial charge in [0.1, 0.15) is 11.4 Å². The maximum Gasteiger partial charge on any atom is 0.272 e. The van der Waals surface area contributed by atoms with Gasteiger partial charge in [-0.05, 0) is 74.5 Å². The van der Waals surface area contributed by atoms with Crippen LogP contribution >= 0.6 is 0 Å². The summed E-state index contributed by atoms with van der Waals surface area (Å²) < 4.78 is 7.84. The number of amides is 2. The summed E-state index contributed by atoms with van der Waals surface area (Å²) in [6.45, 7) is 8.29. The second kappa shape index (κ2) is 11.1. The number of ether oxygens (including phenoxy) is 1. The van der Waals surface area contributed by atoms with Gasteiger partial charge in [-0.2, -0.15) is 5.10 Å². The summed E-state index contributed by atoms with van der Waals surface area (Å²) in [7, 11) is 3.75. The number of hydrogen-bond acceptors (Lipinski definition) is 4. The fourth-order valence-corrected chi connectivity index (χ4v) is 5.85. The highest BCUT2D eigenvalue weighted by atomic mass is 16.5. The molecule has 0 radical (unpaired) electrons. The zero-order valence-corrected chi connectivity index (χ0v) is 22.6. The molecule has 36 heavy (non-hydrogen) atoms. The summed E-state index contributed by atoms with van der Waals surface area (Å²) in [4.78, 5) is 30.4. The normalized spacial score (nSPS) is 21.1. The Morgan fingerprint density at radius 2 is 1.86 bits per heavy atom. The van der Waals surface area contributed by atoms with Crippen molar-refractivity contribution in [1.82, 2.24) is 19.6 Å². The minimum Gasteiger partial charge on any atom is -0.481 e. The number of likely N-dealkylation sites (N-methyl/N-ethyl adjacent to an activating group) is 1. The lowest BCUT2D eigenvalue weighted by atomic mass is 9.73. The molecule has 0 unspecified atom stereocenters. The van der Waals surface area contributed by atoms with Crippen molar-refractivity contribution in [2.24, 2.45) is 18.4 Å². The number of nitrogens with zero attached hydrogens (tertiary/aromatic N) is 4. The molecule has 196 valence electrons. The van der Waals surface area contributed by atoms with Crippen LogP contribution in [0.15, 0.2) is 30.3 Å². The van der Waals surface area contributed by atoms with Crippen molar-refractivity contribution >= 4 is 11.8 Å². The quantitative estimate of drug-likeness (QED) is 0.630. The van der Waals surface area contributed by atoms with E-state index in [0.717, 1.165) is 56.4 Å². The first-order valence-corrected chi connectivity index (χ1v) is 13.5. The van der Waals surface area contributed by atoms with Gasteiger partial charge in [0.25, 0.3) is 11.8 Å². The molecule has 4 rings (SSSR count). The Bertz CT molecular complexity index is 1070. The van der Waals surface area contributed by atoms with Crippen molar-refractivity contribution in [3.05, 3.63) is 47.3 Å². The van der Waals surface area contributed by atoms with Crippen LogP contribution in [0.25, 0.3) is 0 Å². The summed E-state index contributed by atoms with van der Waals surface area (Å²) in [5, 5.41) is 4.56. The molecular formula is C29H42N4O3. The topological polar surface area (TPSA) is 67.7 Å². The highest BCUT2D eigenvalue weighted by Gasteiger charge is 2.39. The number of para-hydroxylation sites is 1. The number of aryl methyl sites for hydroxylation is 2. The van der Waals surface area contributed by atoms with Gasteiger partial charge in [-0.3, -0.25) is 14.3 Å². The van der Waals surface area contributed by atoms with Crippen LogP contribution in [0.1, 0.15) is 74.6 Å². The molecule has 1 aromatic heterocycles. The summed E-state index contributed by atoms with van der Waals surface area (Å²) in [5.41, 5.74) is 2.83. The molecule has 0 N–H and O–H groups in total. The maximum absolute atomic E-state index is 13.4. The third-order valence-electron chi connectivity index (χ3n) is 7.85. The van der Waals surface area contributed by atoms with E-state index in [-0.39, 0.29) is 17.2 Å². The zero-order valence-electron chi connectivity index (χ0n) is 22.6. The van der Waals surface area contributed by atoms with Gasteiger partial charge in [-0.15, -0.1) is 0 Å². The number of fused-ring (bicyclic) bond motifs is 1. The average Bonchev–Trinajstić information content (AvgIpc) is 3.20. The molecule has 2 aliphatic heterocycles. The van der Waals surface area contributed by atoms with E-state index in [9.17, 15) is 9.59 Å². The highest BCUT2D eigenvalue weighted by molar-refractivity contribution is 5.92. The number of hydrogen-bond donors (Lipinski definition) is 0. The van der Waals surface area contributed by atoms with Crippen molar-refractivity contribution < 1.29 is 14.3 Å². The predicted octanol–water partition coefficient (Wildman–Crippen LogP) is 4.49. The van der Waals surface area contributed by atoms with Crippen LogP contribution in [-0.2, 0) is 24.7 Å². The molecule has 0 aliphatic carbocycles. The molecule has 1 saturated heterocycles. The van der Waals surface area contributed by atoms with Gasteiger partial charge < -0.3 is 14.5 Å². The van der Waals surface area contributed by atoms with Crippen molar-refractivity contribution in [3.8, 4) is 5.75 Å². The Morgan fingerprint density at radius 1 is 1.14 bits per heavy atom. The van der Waals surface area contributed by atoms with Gasteiger partial charge in [0.15, 0.2) is 6.10 Å². The first-order valence-electron chi connectivity index (χ1n) is 13.5. The van der Waals surface area contributed by atoms with Crippen molar-refractivity contribution in [1.29, 1.82) is 0 Å². The lowest BCUT2D eigenvalue weighted by molar-refractivity contribution is -0.138. The third-order valence-corrected chi connectivity index (χ3v) is 7.85. The van der Waals surface area contributed by atoms with E-state index in [1.807, 2.05) is 55.1 Å². The maximum atomic E-state index is 13.4. The Hall–Kier alpha value is -2.83. The van der Waals surface area contributed by atoms with Crippen LogP contribution in [0, 0.1) is 11.3 Å². The number of rotatable bonds is 3. The number of carbonyl (C=O) groups excluding carboxylic acids is 2. The van der Waals surface area contributed by atoms with Crippen LogP contribution in [0.3, 0.4) is 0 Å². The minimum absolute atomic E-state index is 0.0100. The Kier molecular flexibility index (Phi) is 8.06. The standard InChI is InChI=1S/C29H42N4O3/c1-21(2)18-24-19-25(32(5)30-24)28(35)33-16-14-29(15-17-33)13-9-8-11-23-10-6-7-12-26(23)36-22(3)27(34)31(4)20-29/h6-7,10,12,19,21-22H,8-9,11,13-18,20H2,1-5H3/t22-/m1/s1. The zero-order chi connectivity index (χ0) is 25.9. The van der Waals surface area contributed by atoms with Crippen molar-refractivity contribution in [3.63, 3.8) is 0 Å². The fourth-order valence-electron chi connectivity index (χ4n) is 5.85. The summed E-state index contributed by atoms with van der Waals surface area (Å²) >= 11 is 0. The lowest BCUT2D eigenvalue weighted by Gasteiger charge is -2.44. The molecule has 2 aliphatic rings. The molecular weight excluding hydrogens is 452 g/mol. The van der Waals surface area contributed by atoms with E-state index < -0.39 is 6.10 Å². The smallest absolute Gasteiger partial charge is 0.272 e. The van der Waals surface area contributed by atoms with Crippen LogP contribution in [0.5, 0.6) is 5.75 Å². The van der Waals surface area contributed by atoms with Crippen LogP contribution in [0.4, 0.5) is 0 Å². The molecule has 7 nitrogen and oxygen atoms in total. The van der Waals surface area contributed by atoms with E-state index in [4.69, 9.17) is 4.74 Å². The van der Waals surface area contributed by atoms with Crippen molar-refractivity contribution in [2.75, 3.05) is 26.7 Å². The number of likely N-dealkylation sites (tertiary alicyclic amines) is 1. The Balaban J connectivity index is 1.46. The average molecular weight is 495 g/mol. The minimum atomic E-state index is -0.529. The molecule has 1 atom stereocenters. The van der Waals surface area contributed by atoms with Crippen LogP contribution in [-0.4, -0.2) is 64.2 Å². The second-order valence-electron chi connectivity index (χ2n) is 11.3. The number of benzene rings is 1. The van der Waals surface area contributed by atoms with Gasteiger partial charge in [-0.1, -0.05) is 38.5 Å². The summed E-state index contributed by atoms with van der Waals surface area (Å²) in [6.07, 6.45) is 6.35. The first kappa shape index (κ1) is 26.2. The van der Waals surface area contributed by atoms with Crippen LogP contribution in [0.2, 0.25) is 0 Å².